The first-order valence-corrected chi connectivity index (χ1v) is 7.82. The highest BCUT2D eigenvalue weighted by molar-refractivity contribution is 5.79. The number of hydrogen-bond acceptors (Lipinski definition) is 4. The third-order valence-electron chi connectivity index (χ3n) is 4.17. The van der Waals surface area contributed by atoms with Crippen molar-refractivity contribution >= 4 is 5.91 Å². The van der Waals surface area contributed by atoms with E-state index in [1.807, 2.05) is 17.4 Å². The van der Waals surface area contributed by atoms with Gasteiger partial charge in [-0.15, -0.1) is 0 Å². The number of aromatic nitrogens is 2. The molecule has 0 aliphatic carbocycles. The molecule has 1 fully saturated rings. The van der Waals surface area contributed by atoms with Crippen LogP contribution in [0.1, 0.15) is 19.0 Å². The first kappa shape index (κ1) is 16.0. The zero-order valence-corrected chi connectivity index (χ0v) is 13.2. The number of imidazole rings is 1. The van der Waals surface area contributed by atoms with Gasteiger partial charge in [0.2, 0.25) is 5.91 Å². The van der Waals surface area contributed by atoms with Crippen LogP contribution in [-0.2, 0) is 17.8 Å². The van der Waals surface area contributed by atoms with E-state index in [1.54, 1.807) is 0 Å². The smallest absolute Gasteiger partial charge is 0.227 e. The van der Waals surface area contributed by atoms with Gasteiger partial charge in [-0.25, -0.2) is 4.98 Å². The van der Waals surface area contributed by atoms with Crippen molar-refractivity contribution in [3.05, 3.63) is 18.2 Å². The summed E-state index contributed by atoms with van der Waals surface area (Å²) in [5, 5.41) is 0. The van der Waals surface area contributed by atoms with Crippen LogP contribution in [0.15, 0.2) is 12.5 Å². The monoisotopic (exact) mass is 293 g/mol. The fourth-order valence-corrected chi connectivity index (χ4v) is 2.77. The molecule has 1 atom stereocenters. The minimum Gasteiger partial charge on any atom is -0.340 e. The zero-order valence-electron chi connectivity index (χ0n) is 13.2. The summed E-state index contributed by atoms with van der Waals surface area (Å²) in [5.41, 5.74) is 6.97. The topological polar surface area (TPSA) is 67.4 Å². The Labute approximate surface area is 126 Å². The molecule has 0 radical (unpaired) electrons. The van der Waals surface area contributed by atoms with E-state index in [4.69, 9.17) is 5.73 Å². The number of carbonyl (C=O) groups is 1. The van der Waals surface area contributed by atoms with Crippen molar-refractivity contribution in [1.29, 1.82) is 0 Å². The third kappa shape index (κ3) is 4.04. The molecule has 1 aromatic rings. The molecule has 0 bridgehead atoms. The Bertz CT molecular complexity index is 451. The number of rotatable bonds is 6. The summed E-state index contributed by atoms with van der Waals surface area (Å²) >= 11 is 0. The quantitative estimate of drug-likeness (QED) is 0.813. The van der Waals surface area contributed by atoms with Crippen LogP contribution < -0.4 is 5.73 Å². The normalized spacial score (nSPS) is 18.0. The largest absolute Gasteiger partial charge is 0.340 e. The molecule has 0 saturated carbocycles. The minimum absolute atomic E-state index is 0.138. The number of aryl methyl sites for hydroxylation is 1. The van der Waals surface area contributed by atoms with E-state index in [9.17, 15) is 4.79 Å². The van der Waals surface area contributed by atoms with E-state index in [0.717, 1.165) is 44.8 Å². The highest BCUT2D eigenvalue weighted by atomic mass is 16.2. The molecule has 1 amide bonds. The Balaban J connectivity index is 1.98. The van der Waals surface area contributed by atoms with Crippen molar-refractivity contribution in [2.75, 3.05) is 39.8 Å². The van der Waals surface area contributed by atoms with E-state index in [2.05, 4.69) is 28.4 Å². The fraction of sp³-hybridized carbons (Fsp3) is 0.733. The molecule has 0 spiro atoms. The third-order valence-corrected chi connectivity index (χ3v) is 4.17. The summed E-state index contributed by atoms with van der Waals surface area (Å²) in [6, 6.07) is 0. The second-order valence-corrected chi connectivity index (χ2v) is 5.84. The van der Waals surface area contributed by atoms with E-state index in [-0.39, 0.29) is 11.8 Å². The van der Waals surface area contributed by atoms with Gasteiger partial charge in [0.15, 0.2) is 0 Å². The SMILES string of the molecule is CCCn1cncc1CC(CN)C(=O)N1CCN(C)CC1. The maximum atomic E-state index is 12.6. The maximum Gasteiger partial charge on any atom is 0.227 e. The van der Waals surface area contributed by atoms with Crippen LogP contribution in [0.4, 0.5) is 0 Å². The number of hydrogen-bond donors (Lipinski definition) is 1. The van der Waals surface area contributed by atoms with Gasteiger partial charge < -0.3 is 20.1 Å². The lowest BCUT2D eigenvalue weighted by molar-refractivity contribution is -0.136. The second kappa shape index (κ2) is 7.56. The first-order valence-electron chi connectivity index (χ1n) is 7.82. The standard InChI is InChI=1S/C15H27N5O/c1-3-4-20-12-17-11-14(20)9-13(10-16)15(21)19-7-5-18(2)6-8-19/h11-13H,3-10,16H2,1-2H3. The fourth-order valence-electron chi connectivity index (χ4n) is 2.77. The highest BCUT2D eigenvalue weighted by Crippen LogP contribution is 2.13. The molecule has 6 nitrogen and oxygen atoms in total. The molecule has 1 aliphatic rings. The number of likely N-dealkylation sites (N-methyl/N-ethyl adjacent to an activating group) is 1. The van der Waals surface area contributed by atoms with Crippen LogP contribution in [0.5, 0.6) is 0 Å². The molecule has 21 heavy (non-hydrogen) atoms. The van der Waals surface area contributed by atoms with Crippen LogP contribution in [0.3, 0.4) is 0 Å². The Kier molecular flexibility index (Phi) is 5.76. The molecule has 1 saturated heterocycles. The van der Waals surface area contributed by atoms with Gasteiger partial charge in [-0.2, -0.15) is 0 Å². The van der Waals surface area contributed by atoms with Crippen LogP contribution in [0.2, 0.25) is 0 Å². The van der Waals surface area contributed by atoms with E-state index in [1.165, 1.54) is 0 Å². The summed E-state index contributed by atoms with van der Waals surface area (Å²) < 4.78 is 2.12. The minimum atomic E-state index is -0.138. The van der Waals surface area contributed by atoms with Crippen molar-refractivity contribution in [2.24, 2.45) is 11.7 Å². The Morgan fingerprint density at radius 1 is 1.38 bits per heavy atom. The second-order valence-electron chi connectivity index (χ2n) is 5.84. The lowest BCUT2D eigenvalue weighted by atomic mass is 10.0. The highest BCUT2D eigenvalue weighted by Gasteiger charge is 2.26. The predicted molar refractivity (Wildman–Crippen MR) is 82.8 cm³/mol. The Hall–Kier alpha value is -1.40. The van der Waals surface area contributed by atoms with Gasteiger partial charge >= 0.3 is 0 Å². The average molecular weight is 293 g/mol. The van der Waals surface area contributed by atoms with Crippen molar-refractivity contribution in [3.63, 3.8) is 0 Å². The van der Waals surface area contributed by atoms with Gasteiger partial charge in [0.25, 0.3) is 0 Å². The van der Waals surface area contributed by atoms with Crippen molar-refractivity contribution in [3.8, 4) is 0 Å². The zero-order chi connectivity index (χ0) is 15.2. The number of carbonyl (C=O) groups excluding carboxylic acids is 1. The lowest BCUT2D eigenvalue weighted by Crippen LogP contribution is -2.50. The molecule has 2 N–H and O–H groups in total. The maximum absolute atomic E-state index is 12.6. The average Bonchev–Trinajstić information content (AvgIpc) is 2.92. The molecule has 2 rings (SSSR count). The van der Waals surface area contributed by atoms with Gasteiger partial charge in [-0.1, -0.05) is 6.92 Å². The van der Waals surface area contributed by atoms with Gasteiger partial charge in [-0.05, 0) is 13.5 Å². The Morgan fingerprint density at radius 2 is 2.10 bits per heavy atom. The van der Waals surface area contributed by atoms with Gasteiger partial charge in [0.05, 0.1) is 12.2 Å². The molecule has 1 aromatic heterocycles. The van der Waals surface area contributed by atoms with E-state index < -0.39 is 0 Å². The molecule has 0 aromatic carbocycles. The van der Waals surface area contributed by atoms with Crippen molar-refractivity contribution < 1.29 is 4.79 Å². The molecule has 6 heteroatoms. The molecule has 1 unspecified atom stereocenters. The van der Waals surface area contributed by atoms with Crippen LogP contribution in [-0.4, -0.2) is 65.0 Å². The summed E-state index contributed by atoms with van der Waals surface area (Å²) in [6.07, 6.45) is 5.44. The molecular weight excluding hydrogens is 266 g/mol. The van der Waals surface area contributed by atoms with Gasteiger partial charge in [0.1, 0.15) is 0 Å². The van der Waals surface area contributed by atoms with Gasteiger partial charge in [-0.3, -0.25) is 4.79 Å². The summed E-state index contributed by atoms with van der Waals surface area (Å²) in [4.78, 5) is 21.0. The molecule has 118 valence electrons. The summed E-state index contributed by atoms with van der Waals surface area (Å²) in [7, 11) is 2.09. The lowest BCUT2D eigenvalue weighted by Gasteiger charge is -2.34. The van der Waals surface area contributed by atoms with Crippen molar-refractivity contribution in [2.45, 2.75) is 26.3 Å². The number of amides is 1. The summed E-state index contributed by atoms with van der Waals surface area (Å²) in [5.74, 6) is 0.0514. The number of piperazine rings is 1. The van der Waals surface area contributed by atoms with Crippen LogP contribution in [0, 0.1) is 5.92 Å². The summed E-state index contributed by atoms with van der Waals surface area (Å²) in [6.45, 7) is 6.96. The molecule has 1 aliphatic heterocycles. The number of nitrogens with zero attached hydrogens (tertiary/aromatic N) is 4. The Morgan fingerprint density at radius 3 is 2.71 bits per heavy atom. The number of nitrogens with two attached hydrogens (primary N) is 1. The van der Waals surface area contributed by atoms with Gasteiger partial charge in [0, 0.05) is 57.6 Å². The van der Waals surface area contributed by atoms with Crippen LogP contribution in [0.25, 0.3) is 0 Å². The van der Waals surface area contributed by atoms with Crippen molar-refractivity contribution in [1.82, 2.24) is 19.4 Å². The predicted octanol–water partition coefficient (Wildman–Crippen LogP) is 0.185. The molecule has 2 heterocycles. The van der Waals surface area contributed by atoms with E-state index >= 15 is 0 Å². The van der Waals surface area contributed by atoms with Crippen LogP contribution >= 0.6 is 0 Å². The van der Waals surface area contributed by atoms with E-state index in [0.29, 0.717) is 13.0 Å². The first-order chi connectivity index (χ1) is 10.2. The molecular formula is C15H27N5O.